The van der Waals surface area contributed by atoms with Gasteiger partial charge >= 0.3 is 0 Å². The van der Waals surface area contributed by atoms with E-state index in [1.54, 1.807) is 0 Å². The molecule has 0 spiro atoms. The number of hydrogen-bond donors (Lipinski definition) is 2. The average Bonchev–Trinajstić information content (AvgIpc) is 2.74. The number of rotatable bonds is 6. The van der Waals surface area contributed by atoms with Gasteiger partial charge in [0, 0.05) is 49.8 Å². The maximum absolute atomic E-state index is 5.87. The molecule has 0 radical (unpaired) electrons. The molecular formula is C15H24N4. The van der Waals surface area contributed by atoms with Crippen LogP contribution in [0.2, 0.25) is 0 Å². The van der Waals surface area contributed by atoms with Crippen LogP contribution in [0.1, 0.15) is 5.56 Å². The SMILES string of the molecule is CN(CCc1cn(C)c2ccccc12)CC(N)CN. The normalized spacial score (nSPS) is 13.3. The van der Waals surface area contributed by atoms with E-state index in [0.717, 1.165) is 19.5 Å². The second-order valence-corrected chi connectivity index (χ2v) is 5.29. The van der Waals surface area contributed by atoms with Gasteiger partial charge in [0.25, 0.3) is 0 Å². The molecule has 0 saturated carbocycles. The van der Waals surface area contributed by atoms with E-state index >= 15 is 0 Å². The van der Waals surface area contributed by atoms with Gasteiger partial charge in [0.15, 0.2) is 0 Å². The Kier molecular flexibility index (Phi) is 4.58. The fraction of sp³-hybridized carbons (Fsp3) is 0.467. The van der Waals surface area contributed by atoms with Crippen molar-refractivity contribution in [1.82, 2.24) is 9.47 Å². The van der Waals surface area contributed by atoms with Crippen molar-refractivity contribution in [1.29, 1.82) is 0 Å². The van der Waals surface area contributed by atoms with Gasteiger partial charge in [-0.25, -0.2) is 0 Å². The number of para-hydroxylation sites is 1. The first kappa shape index (κ1) is 14.1. The quantitative estimate of drug-likeness (QED) is 0.812. The zero-order valence-corrected chi connectivity index (χ0v) is 11.8. The average molecular weight is 260 g/mol. The molecule has 0 aliphatic heterocycles. The van der Waals surface area contributed by atoms with Crippen molar-refractivity contribution in [2.45, 2.75) is 12.5 Å². The fourth-order valence-electron chi connectivity index (χ4n) is 2.50. The minimum Gasteiger partial charge on any atom is -0.350 e. The number of nitrogens with two attached hydrogens (primary N) is 2. The van der Waals surface area contributed by atoms with Gasteiger partial charge in [0.1, 0.15) is 0 Å². The topological polar surface area (TPSA) is 60.2 Å². The largest absolute Gasteiger partial charge is 0.350 e. The Balaban J connectivity index is 2.02. The van der Waals surface area contributed by atoms with Crippen molar-refractivity contribution in [2.24, 2.45) is 18.5 Å². The van der Waals surface area contributed by atoms with Crippen LogP contribution in [0.4, 0.5) is 0 Å². The third-order valence-electron chi connectivity index (χ3n) is 3.59. The minimum absolute atomic E-state index is 0.0671. The number of hydrogen-bond acceptors (Lipinski definition) is 3. The van der Waals surface area contributed by atoms with Gasteiger partial charge in [-0.05, 0) is 25.1 Å². The Bertz CT molecular complexity index is 532. The van der Waals surface area contributed by atoms with E-state index in [1.165, 1.54) is 16.5 Å². The number of likely N-dealkylation sites (N-methyl/N-ethyl adjacent to an activating group) is 1. The molecule has 4 N–H and O–H groups in total. The molecule has 104 valence electrons. The van der Waals surface area contributed by atoms with Gasteiger partial charge in [0.05, 0.1) is 0 Å². The van der Waals surface area contributed by atoms with Crippen LogP contribution >= 0.6 is 0 Å². The standard InChI is InChI=1S/C15H24N4/c1-18(11-13(17)9-16)8-7-12-10-19(2)15-6-4-3-5-14(12)15/h3-6,10,13H,7-9,11,16-17H2,1-2H3. The Labute approximate surface area is 115 Å². The van der Waals surface area contributed by atoms with Crippen LogP contribution in [0.15, 0.2) is 30.5 Å². The third kappa shape index (κ3) is 3.35. The van der Waals surface area contributed by atoms with Crippen LogP contribution in [0.3, 0.4) is 0 Å². The van der Waals surface area contributed by atoms with Gasteiger partial charge in [-0.15, -0.1) is 0 Å². The lowest BCUT2D eigenvalue weighted by molar-refractivity contribution is 0.316. The number of nitrogens with zero attached hydrogens (tertiary/aromatic N) is 2. The highest BCUT2D eigenvalue weighted by Crippen LogP contribution is 2.20. The summed E-state index contributed by atoms with van der Waals surface area (Å²) in [6.45, 7) is 2.39. The molecule has 0 amide bonds. The lowest BCUT2D eigenvalue weighted by Crippen LogP contribution is -2.41. The number of benzene rings is 1. The van der Waals surface area contributed by atoms with Crippen molar-refractivity contribution in [3.8, 4) is 0 Å². The van der Waals surface area contributed by atoms with E-state index in [0.29, 0.717) is 6.54 Å². The van der Waals surface area contributed by atoms with Crippen LogP contribution < -0.4 is 11.5 Å². The number of aryl methyl sites for hydroxylation is 1. The highest BCUT2D eigenvalue weighted by Gasteiger charge is 2.08. The molecule has 4 nitrogen and oxygen atoms in total. The zero-order valence-electron chi connectivity index (χ0n) is 11.8. The first-order chi connectivity index (χ1) is 9.11. The molecule has 19 heavy (non-hydrogen) atoms. The maximum Gasteiger partial charge on any atom is 0.0480 e. The van der Waals surface area contributed by atoms with Crippen LogP contribution in [-0.4, -0.2) is 42.2 Å². The summed E-state index contributed by atoms with van der Waals surface area (Å²) in [5, 5.41) is 1.35. The minimum atomic E-state index is 0.0671. The van der Waals surface area contributed by atoms with E-state index in [1.807, 2.05) is 0 Å². The molecule has 0 aliphatic carbocycles. The highest BCUT2D eigenvalue weighted by molar-refractivity contribution is 5.83. The zero-order chi connectivity index (χ0) is 13.8. The Morgan fingerprint density at radius 1 is 1.32 bits per heavy atom. The molecule has 1 unspecified atom stereocenters. The molecule has 0 saturated heterocycles. The van der Waals surface area contributed by atoms with Crippen LogP contribution in [0.25, 0.3) is 10.9 Å². The summed E-state index contributed by atoms with van der Waals surface area (Å²) in [5.74, 6) is 0. The Morgan fingerprint density at radius 2 is 2.05 bits per heavy atom. The van der Waals surface area contributed by atoms with Crippen LogP contribution in [-0.2, 0) is 13.5 Å². The van der Waals surface area contributed by atoms with E-state index in [2.05, 4.69) is 54.0 Å². The van der Waals surface area contributed by atoms with Crippen molar-refractivity contribution in [3.05, 3.63) is 36.0 Å². The van der Waals surface area contributed by atoms with E-state index in [4.69, 9.17) is 11.5 Å². The van der Waals surface area contributed by atoms with Gasteiger partial charge in [-0.1, -0.05) is 18.2 Å². The van der Waals surface area contributed by atoms with E-state index < -0.39 is 0 Å². The van der Waals surface area contributed by atoms with Crippen molar-refractivity contribution in [3.63, 3.8) is 0 Å². The van der Waals surface area contributed by atoms with Gasteiger partial charge < -0.3 is 20.9 Å². The van der Waals surface area contributed by atoms with Crippen molar-refractivity contribution < 1.29 is 0 Å². The molecule has 2 rings (SSSR count). The summed E-state index contributed by atoms with van der Waals surface area (Å²) in [6, 6.07) is 8.60. The Morgan fingerprint density at radius 3 is 2.79 bits per heavy atom. The van der Waals surface area contributed by atoms with Crippen molar-refractivity contribution in [2.75, 3.05) is 26.7 Å². The third-order valence-corrected chi connectivity index (χ3v) is 3.59. The molecule has 1 aromatic carbocycles. The van der Waals surface area contributed by atoms with Gasteiger partial charge in [0.2, 0.25) is 0 Å². The number of aromatic nitrogens is 1. The molecule has 0 fully saturated rings. The van der Waals surface area contributed by atoms with E-state index in [-0.39, 0.29) is 6.04 Å². The van der Waals surface area contributed by atoms with Gasteiger partial charge in [-0.3, -0.25) is 0 Å². The first-order valence-electron chi connectivity index (χ1n) is 6.79. The molecule has 4 heteroatoms. The Hall–Kier alpha value is -1.36. The molecule has 0 aliphatic rings. The summed E-state index contributed by atoms with van der Waals surface area (Å²) in [6.07, 6.45) is 3.26. The lowest BCUT2D eigenvalue weighted by atomic mass is 10.1. The number of fused-ring (bicyclic) bond motifs is 1. The summed E-state index contributed by atoms with van der Waals surface area (Å²) in [4.78, 5) is 2.25. The van der Waals surface area contributed by atoms with Gasteiger partial charge in [-0.2, -0.15) is 0 Å². The molecule has 0 bridgehead atoms. The monoisotopic (exact) mass is 260 g/mol. The van der Waals surface area contributed by atoms with Crippen LogP contribution in [0.5, 0.6) is 0 Å². The molecule has 2 aromatic rings. The molecular weight excluding hydrogens is 236 g/mol. The second kappa shape index (κ2) is 6.19. The first-order valence-corrected chi connectivity index (χ1v) is 6.79. The smallest absolute Gasteiger partial charge is 0.0480 e. The molecule has 1 aromatic heterocycles. The summed E-state index contributed by atoms with van der Waals surface area (Å²) in [5.41, 5.74) is 14.1. The summed E-state index contributed by atoms with van der Waals surface area (Å²) >= 11 is 0. The van der Waals surface area contributed by atoms with E-state index in [9.17, 15) is 0 Å². The fourth-order valence-corrected chi connectivity index (χ4v) is 2.50. The second-order valence-electron chi connectivity index (χ2n) is 5.29. The highest BCUT2D eigenvalue weighted by atomic mass is 15.1. The van der Waals surface area contributed by atoms with Crippen LogP contribution in [0, 0.1) is 0 Å². The predicted octanol–water partition coefficient (Wildman–Crippen LogP) is 0.939. The maximum atomic E-state index is 5.87. The summed E-state index contributed by atoms with van der Waals surface area (Å²) in [7, 11) is 4.19. The summed E-state index contributed by atoms with van der Waals surface area (Å²) < 4.78 is 2.19. The predicted molar refractivity (Wildman–Crippen MR) is 81.1 cm³/mol. The molecule has 1 atom stereocenters. The molecule has 1 heterocycles. The lowest BCUT2D eigenvalue weighted by Gasteiger charge is -2.19. The van der Waals surface area contributed by atoms with Crippen molar-refractivity contribution >= 4 is 10.9 Å².